The number of rotatable bonds is 87. The van der Waals surface area contributed by atoms with Gasteiger partial charge >= 0.3 is 5.97 Å². The molecule has 0 radical (unpaired) electrons. The van der Waals surface area contributed by atoms with Crippen LogP contribution >= 0.6 is 0 Å². The van der Waals surface area contributed by atoms with E-state index in [-0.39, 0.29) is 247 Å². The van der Waals surface area contributed by atoms with Gasteiger partial charge in [-0.25, -0.2) is 4.79 Å². The van der Waals surface area contributed by atoms with Crippen molar-refractivity contribution in [3.8, 4) is 5.75 Å². The lowest BCUT2D eigenvalue weighted by Gasteiger charge is -2.27. The fraction of sp³-hybridized carbons (Fsp3) is 0.765. The van der Waals surface area contributed by atoms with Gasteiger partial charge in [0.05, 0.1) is 104 Å². The Morgan fingerprint density at radius 2 is 0.883 bits per heavy atom. The van der Waals surface area contributed by atoms with Gasteiger partial charge in [0.1, 0.15) is 61.4 Å². The largest absolute Gasteiger partial charge is 0.508 e. The highest BCUT2D eigenvalue weighted by atomic mass is 32.2. The number of ether oxygens (including phenoxy) is 10. The summed E-state index contributed by atoms with van der Waals surface area (Å²) in [6.07, 6.45) is 17.6. The second kappa shape index (κ2) is 73.3. The molecule has 13 N–H and O–H groups in total. The van der Waals surface area contributed by atoms with Gasteiger partial charge in [0.15, 0.2) is 5.78 Å². The first kappa shape index (κ1) is 111. The van der Waals surface area contributed by atoms with E-state index >= 15 is 0 Å². The minimum Gasteiger partial charge on any atom is -0.508 e. The molecule has 1 aromatic carbocycles. The summed E-state index contributed by atoms with van der Waals surface area (Å²) in [6, 6.07) is 5.14. The first-order chi connectivity index (χ1) is 57.6. The Kier molecular flexibility index (Phi) is 67.6. The van der Waals surface area contributed by atoms with Crippen LogP contribution in [-0.2, 0) is 117 Å². The van der Waals surface area contributed by atoms with E-state index in [1.165, 1.54) is 12.1 Å². The lowest BCUT2D eigenvalue weighted by molar-refractivity contribution is -0.142. The molecule has 1 rings (SSSR count). The van der Waals surface area contributed by atoms with Crippen LogP contribution in [0.15, 0.2) is 36.5 Å². The molecule has 0 aliphatic heterocycles. The number of carboxylic acid groups (broad SMARTS) is 1. The molecule has 120 heavy (non-hydrogen) atoms. The zero-order valence-corrected chi connectivity index (χ0v) is 72.7. The molecule has 0 aromatic heterocycles. The van der Waals surface area contributed by atoms with Crippen LogP contribution in [0.3, 0.4) is 0 Å². The summed E-state index contributed by atoms with van der Waals surface area (Å²) in [7, 11) is -3.86. The van der Waals surface area contributed by atoms with Crippen LogP contribution in [0.25, 0.3) is 0 Å². The Morgan fingerprint density at radius 3 is 1.38 bits per heavy atom. The van der Waals surface area contributed by atoms with E-state index < -0.39 is 51.7 Å². The molecule has 0 saturated heterocycles. The number of amides is 5. The minimum atomic E-state index is -3.86. The zero-order chi connectivity index (χ0) is 88.7. The van der Waals surface area contributed by atoms with Gasteiger partial charge in [-0.1, -0.05) is 123 Å². The number of amidine groups is 1. The lowest BCUT2D eigenvalue weighted by Crippen LogP contribution is -2.41. The number of ketones is 5. The van der Waals surface area contributed by atoms with Crippen molar-refractivity contribution in [2.24, 2.45) is 41.1 Å². The van der Waals surface area contributed by atoms with Crippen molar-refractivity contribution in [1.82, 2.24) is 26.6 Å². The van der Waals surface area contributed by atoms with Gasteiger partial charge in [-0.05, 0) is 87.8 Å². The monoisotopic (exact) mass is 1730 g/mol. The molecule has 0 aliphatic rings. The Bertz CT molecular complexity index is 3160. The first-order valence-corrected chi connectivity index (χ1v) is 44.7. The van der Waals surface area contributed by atoms with E-state index in [4.69, 9.17) is 68.8 Å². The molecule has 5 amide bonds. The molecule has 34 nitrogen and oxygen atoms in total. The molecule has 0 heterocycles. The number of hydrogen-bond acceptors (Lipinski definition) is 26. The number of carbonyl (C=O) groups excluding carboxylic acids is 10. The van der Waals surface area contributed by atoms with Gasteiger partial charge in [0.25, 0.3) is 10.1 Å². The number of carbonyl (C=O) groups is 11. The molecule has 0 saturated carbocycles. The maximum atomic E-state index is 14.3. The summed E-state index contributed by atoms with van der Waals surface area (Å²) in [5, 5.41) is 40.8. The summed E-state index contributed by atoms with van der Waals surface area (Å²) in [4.78, 5) is 140. The number of phenols is 1. The average molecular weight is 1730 g/mol. The molecule has 5 atom stereocenters. The molecule has 1 unspecified atom stereocenters. The third-order valence-electron chi connectivity index (χ3n) is 19.3. The summed E-state index contributed by atoms with van der Waals surface area (Å²) in [5.74, 6) is -6.99. The average Bonchev–Trinajstić information content (AvgIpc) is 0.837. The smallest absolute Gasteiger partial charge is 0.326 e. The van der Waals surface area contributed by atoms with Gasteiger partial charge < -0.3 is 95.6 Å². The van der Waals surface area contributed by atoms with Crippen LogP contribution in [0.1, 0.15) is 220 Å². The van der Waals surface area contributed by atoms with Crippen LogP contribution in [0.2, 0.25) is 0 Å². The van der Waals surface area contributed by atoms with E-state index in [2.05, 4.69) is 33.2 Å². The van der Waals surface area contributed by atoms with E-state index in [1.807, 2.05) is 13.8 Å². The number of phenolic OH excluding ortho intramolecular Hbond substituents is 1. The number of Topliss-reactive ketones (excluding diaryl/α,β-unsaturated/α-hetero) is 5. The predicted molar refractivity (Wildman–Crippen MR) is 453 cm³/mol. The number of aliphatic carboxylic acids is 1. The SMILES string of the molecule is C=C(COCCOCCNC(=O)COCCOCCCC(=O)CC[C@H](NC(=O)CCCCCCCCCCCCCCCS(=O)(=O)O)C(=O)O)NCCOCCOCC(=O)NCCOCCOCC(=O)CCCOCCOCC(=O)NCCCC[C@H](CC(=O)CC(C)C)C(=O)C(C)[C@@H](CCCCC(=N)N)C(=O)C[C@@H](Cc1ccc(O)cc1)C(N)=O.[HH]. The highest BCUT2D eigenvalue weighted by Crippen LogP contribution is 2.31. The van der Waals surface area contributed by atoms with Crippen LogP contribution in [-0.4, -0.2) is 264 Å². The maximum absolute atomic E-state index is 14.3. The quantitative estimate of drug-likeness (QED) is 0.0131. The summed E-state index contributed by atoms with van der Waals surface area (Å²) >= 11 is 0. The van der Waals surface area contributed by atoms with E-state index in [1.54, 1.807) is 19.1 Å². The van der Waals surface area contributed by atoms with Crippen LogP contribution in [0.5, 0.6) is 5.75 Å². The fourth-order valence-electron chi connectivity index (χ4n) is 12.7. The van der Waals surface area contributed by atoms with Crippen molar-refractivity contribution in [1.29, 1.82) is 5.41 Å². The van der Waals surface area contributed by atoms with E-state index in [0.717, 1.165) is 70.6 Å². The number of nitrogens with one attached hydrogen (secondary N) is 6. The topological polar surface area (TPSA) is 511 Å². The van der Waals surface area contributed by atoms with Gasteiger partial charge in [0.2, 0.25) is 29.5 Å². The second-order valence-corrected chi connectivity index (χ2v) is 32.1. The van der Waals surface area contributed by atoms with Gasteiger partial charge in [-0.3, -0.25) is 57.9 Å². The molecule has 0 spiro atoms. The normalized spacial score (nSPS) is 12.7. The molecular formula is C85H148N8O26S. The van der Waals surface area contributed by atoms with Crippen LogP contribution in [0, 0.1) is 35.0 Å². The third-order valence-corrected chi connectivity index (χ3v) is 20.1. The van der Waals surface area contributed by atoms with Gasteiger partial charge in [-0.15, -0.1) is 0 Å². The van der Waals surface area contributed by atoms with Crippen molar-refractivity contribution in [2.45, 2.75) is 226 Å². The number of primary amides is 1. The lowest BCUT2D eigenvalue weighted by atomic mass is 9.75. The molecular weight excluding hydrogens is 1580 g/mol. The highest BCUT2D eigenvalue weighted by Gasteiger charge is 2.36. The van der Waals surface area contributed by atoms with Crippen LogP contribution in [0.4, 0.5) is 0 Å². The summed E-state index contributed by atoms with van der Waals surface area (Å²) in [5.41, 5.74) is 12.7. The number of nitrogens with two attached hydrogens (primary N) is 2. The summed E-state index contributed by atoms with van der Waals surface area (Å²) in [6.45, 7) is 14.2. The Labute approximate surface area is 712 Å². The standard InChI is InChI=1S/C85H146N8O26S.H2/c1-65(2)56-74(97)58-69(83(103)67(4)75(27-17-18-28-78(86)87)77(98)59-70(84(88)104)57-68-30-32-72(95)33-31-68)24-19-20-36-90-80(100)62-117-52-46-111-41-23-26-73(96)61-116-51-48-114-44-39-92-82(102)64-119-54-49-112-42-37-89-66(3)60-115-50-47-113-43-38-91-81(101)63-118-53-45-110-40-22-25-71(94)34-35-76(85(105)106)93-79(99)29-16-14-12-10-8-6-5-7-9-11-13-15-21-55-120(107,108)109;/h30-33,65,67,69-70,75-76,89,95H,3,5-29,34-64H2,1-2,4H3,(H3,86,87)(H2,88,104)(H,90,100)(H,91,101)(H,92,102)(H,93,99)(H,105,106)(H,107,108,109);1H/t67?,69-,70-,75-,76+;/m1./s1. The van der Waals surface area contributed by atoms with Crippen molar-refractivity contribution in [2.75, 3.05) is 164 Å². The number of hydrogen-bond donors (Lipinski definition) is 11. The fourth-order valence-corrected chi connectivity index (χ4v) is 13.3. The maximum Gasteiger partial charge on any atom is 0.326 e. The van der Waals surface area contributed by atoms with Gasteiger partial charge in [0, 0.05) is 122 Å². The van der Waals surface area contributed by atoms with Crippen molar-refractivity contribution in [3.05, 3.63) is 42.1 Å². The number of carboxylic acids is 1. The third kappa shape index (κ3) is 67.3. The highest BCUT2D eigenvalue weighted by molar-refractivity contribution is 7.85. The zero-order valence-electron chi connectivity index (χ0n) is 71.9. The second-order valence-electron chi connectivity index (χ2n) is 30.6. The van der Waals surface area contributed by atoms with Crippen molar-refractivity contribution in [3.63, 3.8) is 0 Å². The molecule has 0 aliphatic carbocycles. The van der Waals surface area contributed by atoms with E-state index in [9.17, 15) is 71.4 Å². The number of aromatic hydroxyl groups is 1. The Balaban J connectivity index is 0.000144. The number of benzene rings is 1. The van der Waals surface area contributed by atoms with Crippen LogP contribution < -0.4 is 38.1 Å². The molecule has 0 fully saturated rings. The summed E-state index contributed by atoms with van der Waals surface area (Å²) < 4.78 is 85.0. The Morgan fingerprint density at radius 1 is 0.442 bits per heavy atom. The minimum absolute atomic E-state index is 0. The van der Waals surface area contributed by atoms with Gasteiger partial charge in [-0.2, -0.15) is 8.42 Å². The molecule has 35 heteroatoms. The predicted octanol–water partition coefficient (Wildman–Crippen LogP) is 7.37. The molecule has 0 bridgehead atoms. The van der Waals surface area contributed by atoms with Crippen molar-refractivity contribution >= 4 is 80.4 Å². The number of unbranched alkanes of at least 4 members (excludes halogenated alkanes) is 14. The van der Waals surface area contributed by atoms with E-state index in [0.29, 0.717) is 128 Å². The molecule has 1 aromatic rings. The Hall–Kier alpha value is -7.29. The first-order valence-electron chi connectivity index (χ1n) is 43.0. The van der Waals surface area contributed by atoms with Crippen molar-refractivity contribution < 1.29 is 125 Å². The molecule has 690 valence electrons.